The average Bonchev–Trinajstić information content (AvgIpc) is 3.67. The van der Waals surface area contributed by atoms with Crippen molar-refractivity contribution in [2.24, 2.45) is 5.92 Å². The van der Waals surface area contributed by atoms with E-state index in [1.54, 1.807) is 29.4 Å². The van der Waals surface area contributed by atoms with Gasteiger partial charge in [-0.05, 0) is 63.6 Å². The van der Waals surface area contributed by atoms with Crippen LogP contribution in [-0.4, -0.2) is 47.0 Å². The van der Waals surface area contributed by atoms with Gasteiger partial charge in [-0.1, -0.05) is 6.92 Å². The fraction of sp³-hybridized carbons (Fsp3) is 0.609. The third kappa shape index (κ3) is 3.82. The second-order valence-electron chi connectivity index (χ2n) is 10.4. The molecular formula is C23H30N4O5S. The summed E-state index contributed by atoms with van der Waals surface area (Å²) in [6.07, 6.45) is 3.97. The van der Waals surface area contributed by atoms with Crippen molar-refractivity contribution in [1.82, 2.24) is 18.8 Å². The van der Waals surface area contributed by atoms with Crippen molar-refractivity contribution < 1.29 is 13.2 Å². The molecule has 5 rings (SSSR count). The number of fused-ring (bicyclic) bond motifs is 1. The van der Waals surface area contributed by atoms with Gasteiger partial charge in [-0.3, -0.25) is 18.7 Å². The number of carbonyl (C=O) groups is 1. The van der Waals surface area contributed by atoms with E-state index in [0.29, 0.717) is 24.4 Å². The molecule has 9 nitrogen and oxygen atoms in total. The van der Waals surface area contributed by atoms with Crippen LogP contribution in [0.3, 0.4) is 0 Å². The topological polar surface area (TPSA) is 110 Å². The van der Waals surface area contributed by atoms with Gasteiger partial charge in [-0.2, -0.15) is 0 Å². The van der Waals surface area contributed by atoms with E-state index in [0.717, 1.165) is 25.7 Å². The fourth-order valence-electron chi connectivity index (χ4n) is 4.72. The first-order valence-electron chi connectivity index (χ1n) is 11.6. The van der Waals surface area contributed by atoms with Crippen LogP contribution in [0.4, 0.5) is 0 Å². The highest BCUT2D eigenvalue weighted by atomic mass is 32.2. The molecule has 10 heteroatoms. The van der Waals surface area contributed by atoms with Gasteiger partial charge in [0.05, 0.1) is 21.3 Å². The summed E-state index contributed by atoms with van der Waals surface area (Å²) in [4.78, 5) is 40.8. The van der Waals surface area contributed by atoms with E-state index in [-0.39, 0.29) is 29.3 Å². The molecule has 1 aliphatic heterocycles. The minimum absolute atomic E-state index is 0.0185. The van der Waals surface area contributed by atoms with Gasteiger partial charge in [0, 0.05) is 31.6 Å². The maximum Gasteiger partial charge on any atom is 0.332 e. The lowest BCUT2D eigenvalue weighted by atomic mass is 9.91. The van der Waals surface area contributed by atoms with Crippen LogP contribution < -0.4 is 16.0 Å². The summed E-state index contributed by atoms with van der Waals surface area (Å²) in [5.74, 6) is 0.358. The van der Waals surface area contributed by atoms with Crippen molar-refractivity contribution in [1.29, 1.82) is 0 Å². The molecule has 0 atom stereocenters. The number of likely N-dealkylation sites (tertiary alicyclic amines) is 1. The fourth-order valence-corrected chi connectivity index (χ4v) is 6.21. The molecule has 3 fully saturated rings. The Hall–Kier alpha value is -2.46. The molecule has 1 aromatic carbocycles. The van der Waals surface area contributed by atoms with E-state index in [1.165, 1.54) is 16.7 Å². The second-order valence-corrected chi connectivity index (χ2v) is 12.1. The number of sulfonamides is 1. The molecule has 1 amide bonds. The maximum atomic E-state index is 13.6. The van der Waals surface area contributed by atoms with E-state index in [9.17, 15) is 22.8 Å². The normalized spacial score (nSPS) is 21.1. The van der Waals surface area contributed by atoms with Crippen LogP contribution >= 0.6 is 0 Å². The highest BCUT2D eigenvalue weighted by Crippen LogP contribution is 2.36. The largest absolute Gasteiger partial charge is 0.338 e. The van der Waals surface area contributed by atoms with E-state index in [4.69, 9.17) is 0 Å². The Labute approximate surface area is 192 Å². The van der Waals surface area contributed by atoms with E-state index in [2.05, 4.69) is 4.72 Å². The molecule has 0 spiro atoms. The van der Waals surface area contributed by atoms with Crippen LogP contribution in [0.5, 0.6) is 0 Å². The van der Waals surface area contributed by atoms with Crippen molar-refractivity contribution in [3.8, 4) is 0 Å². The van der Waals surface area contributed by atoms with Crippen molar-refractivity contribution in [2.45, 2.75) is 75.4 Å². The van der Waals surface area contributed by atoms with E-state index < -0.39 is 32.4 Å². The number of aromatic nitrogens is 2. The third-order valence-corrected chi connectivity index (χ3v) is 8.84. The Morgan fingerprint density at radius 2 is 1.82 bits per heavy atom. The Balaban J connectivity index is 1.65. The smallest absolute Gasteiger partial charge is 0.332 e. The van der Waals surface area contributed by atoms with Crippen LogP contribution in [0.1, 0.15) is 52.9 Å². The molecule has 0 bridgehead atoms. The monoisotopic (exact) mass is 474 g/mol. The number of benzene rings is 1. The SMILES string of the molecule is CCC(=O)N1CC(C)(n2c(=O)c3cc(S(=O)(=O)NC4(C)CC4)ccc3n(CC3CC3)c2=O)C1. The Kier molecular flexibility index (Phi) is 4.92. The Morgan fingerprint density at radius 1 is 1.15 bits per heavy atom. The molecule has 1 saturated heterocycles. The van der Waals surface area contributed by atoms with Crippen molar-refractivity contribution in [2.75, 3.05) is 13.1 Å². The predicted molar refractivity (Wildman–Crippen MR) is 124 cm³/mol. The number of rotatable bonds is 7. The number of hydrogen-bond donors (Lipinski definition) is 1. The van der Waals surface area contributed by atoms with Gasteiger partial charge in [0.25, 0.3) is 5.56 Å². The molecule has 3 aliphatic rings. The van der Waals surface area contributed by atoms with Gasteiger partial charge >= 0.3 is 5.69 Å². The number of amides is 1. The van der Waals surface area contributed by atoms with Crippen molar-refractivity contribution in [3.63, 3.8) is 0 Å². The minimum Gasteiger partial charge on any atom is -0.338 e. The van der Waals surface area contributed by atoms with Crippen LogP contribution in [0.15, 0.2) is 32.7 Å². The molecule has 0 radical (unpaired) electrons. The molecule has 1 aromatic heterocycles. The highest BCUT2D eigenvalue weighted by Gasteiger charge is 2.45. The number of hydrogen-bond acceptors (Lipinski definition) is 5. The first-order valence-corrected chi connectivity index (χ1v) is 13.1. The first kappa shape index (κ1) is 22.3. The van der Waals surface area contributed by atoms with Crippen molar-refractivity contribution in [3.05, 3.63) is 39.0 Å². The Bertz CT molecular complexity index is 1380. The van der Waals surface area contributed by atoms with Crippen LogP contribution in [-0.2, 0) is 26.9 Å². The zero-order chi connectivity index (χ0) is 23.8. The second kappa shape index (κ2) is 7.27. The summed E-state index contributed by atoms with van der Waals surface area (Å²) in [6, 6.07) is 4.43. The summed E-state index contributed by atoms with van der Waals surface area (Å²) in [5, 5.41) is 0.209. The summed E-state index contributed by atoms with van der Waals surface area (Å²) in [6.45, 7) is 6.49. The lowest BCUT2D eigenvalue weighted by Gasteiger charge is -2.48. The highest BCUT2D eigenvalue weighted by molar-refractivity contribution is 7.89. The first-order chi connectivity index (χ1) is 15.5. The molecule has 2 aliphatic carbocycles. The van der Waals surface area contributed by atoms with E-state index >= 15 is 0 Å². The van der Waals surface area contributed by atoms with Crippen molar-refractivity contribution >= 4 is 26.8 Å². The summed E-state index contributed by atoms with van der Waals surface area (Å²) < 4.78 is 31.5. The summed E-state index contributed by atoms with van der Waals surface area (Å²) in [7, 11) is -3.80. The lowest BCUT2D eigenvalue weighted by Crippen LogP contribution is -2.67. The van der Waals surface area contributed by atoms with Crippen LogP contribution in [0, 0.1) is 5.92 Å². The standard InChI is InChI=1S/C23H30N4O5S/c1-4-19(28)25-13-23(3,14-25)27-20(29)17-11-16(33(31,32)24-22(2)9-10-22)7-8-18(17)26(21(27)30)12-15-5-6-15/h7-8,11,15,24H,4-6,9-10,12-14H2,1-3H3. The van der Waals surface area contributed by atoms with Crippen LogP contribution in [0.25, 0.3) is 10.9 Å². The lowest BCUT2D eigenvalue weighted by molar-refractivity contribution is -0.141. The average molecular weight is 475 g/mol. The number of nitrogens with zero attached hydrogens (tertiary/aromatic N) is 3. The van der Waals surface area contributed by atoms with Crippen LogP contribution in [0.2, 0.25) is 0 Å². The van der Waals surface area contributed by atoms with E-state index in [1.807, 2.05) is 6.92 Å². The summed E-state index contributed by atoms with van der Waals surface area (Å²) in [5.41, 5.74) is -1.72. The van der Waals surface area contributed by atoms with Gasteiger partial charge < -0.3 is 4.90 Å². The molecule has 2 aromatic rings. The zero-order valence-electron chi connectivity index (χ0n) is 19.3. The quantitative estimate of drug-likeness (QED) is 0.652. The van der Waals surface area contributed by atoms with Gasteiger partial charge in [0.15, 0.2) is 0 Å². The van der Waals surface area contributed by atoms with Gasteiger partial charge in [0.1, 0.15) is 0 Å². The molecule has 33 heavy (non-hydrogen) atoms. The Morgan fingerprint density at radius 3 is 2.39 bits per heavy atom. The maximum absolute atomic E-state index is 13.6. The molecule has 2 heterocycles. The van der Waals surface area contributed by atoms with Gasteiger partial charge in [-0.15, -0.1) is 0 Å². The molecular weight excluding hydrogens is 444 g/mol. The minimum atomic E-state index is -3.80. The predicted octanol–water partition coefficient (Wildman–Crippen LogP) is 1.37. The van der Waals surface area contributed by atoms with Gasteiger partial charge in [-0.25, -0.2) is 17.9 Å². The summed E-state index contributed by atoms with van der Waals surface area (Å²) >= 11 is 0. The zero-order valence-corrected chi connectivity index (χ0v) is 20.1. The number of carbonyl (C=O) groups excluding carboxylic acids is 1. The molecule has 1 N–H and O–H groups in total. The third-order valence-electron chi connectivity index (χ3n) is 7.20. The molecule has 2 saturated carbocycles. The molecule has 178 valence electrons. The molecule has 0 unspecified atom stereocenters. The van der Waals surface area contributed by atoms with Gasteiger partial charge in [0.2, 0.25) is 15.9 Å². The number of nitrogens with one attached hydrogen (secondary N) is 1.